The second kappa shape index (κ2) is 6.13. The highest BCUT2D eigenvalue weighted by molar-refractivity contribution is 5.36. The number of nitrogens with zero attached hydrogens (tertiary/aromatic N) is 1. The number of halogens is 2. The smallest absolute Gasteiger partial charge is 0.165 e. The molecule has 2 rings (SSSR count). The lowest BCUT2D eigenvalue weighted by molar-refractivity contribution is 0.281. The SMILES string of the molecule is N#Cc1ccc(COc2c(F)cccc2CN)c(F)c1. The van der Waals surface area contributed by atoms with Crippen LogP contribution in [-0.2, 0) is 13.2 Å². The average Bonchev–Trinajstić information content (AvgIpc) is 2.46. The van der Waals surface area contributed by atoms with Crippen LogP contribution in [0.1, 0.15) is 16.7 Å². The summed E-state index contributed by atoms with van der Waals surface area (Å²) in [6.45, 7) is -0.00553. The van der Waals surface area contributed by atoms with Gasteiger partial charge in [0.05, 0.1) is 11.6 Å². The summed E-state index contributed by atoms with van der Waals surface area (Å²) < 4.78 is 32.6. The van der Waals surface area contributed by atoms with Crippen molar-refractivity contribution >= 4 is 0 Å². The van der Waals surface area contributed by atoms with E-state index in [0.29, 0.717) is 5.56 Å². The van der Waals surface area contributed by atoms with E-state index in [1.807, 2.05) is 6.07 Å². The van der Waals surface area contributed by atoms with E-state index < -0.39 is 11.6 Å². The largest absolute Gasteiger partial charge is 0.485 e. The van der Waals surface area contributed by atoms with Gasteiger partial charge < -0.3 is 10.5 Å². The maximum Gasteiger partial charge on any atom is 0.165 e. The third-order valence-electron chi connectivity index (χ3n) is 2.82. The minimum absolute atomic E-state index is 0.0266. The summed E-state index contributed by atoms with van der Waals surface area (Å²) in [5.41, 5.74) is 6.48. The number of hydrogen-bond donors (Lipinski definition) is 1. The van der Waals surface area contributed by atoms with Gasteiger partial charge >= 0.3 is 0 Å². The van der Waals surface area contributed by atoms with Crippen molar-refractivity contribution in [3.8, 4) is 11.8 Å². The summed E-state index contributed by atoms with van der Waals surface area (Å²) in [6, 6.07) is 10.3. The summed E-state index contributed by atoms with van der Waals surface area (Å²) in [6.07, 6.45) is 0. The number of nitrogens with two attached hydrogens (primary N) is 1. The van der Waals surface area contributed by atoms with E-state index in [-0.39, 0.29) is 30.0 Å². The van der Waals surface area contributed by atoms with Gasteiger partial charge in [0.2, 0.25) is 0 Å². The van der Waals surface area contributed by atoms with E-state index in [9.17, 15) is 8.78 Å². The molecule has 0 saturated heterocycles. The second-order valence-electron chi connectivity index (χ2n) is 4.14. The quantitative estimate of drug-likeness (QED) is 0.932. The molecule has 0 spiro atoms. The predicted octanol–water partition coefficient (Wildman–Crippen LogP) is 2.87. The standard InChI is InChI=1S/C15H12F2N2O/c16-13-3-1-2-11(8-19)15(13)20-9-12-5-4-10(7-18)6-14(12)17/h1-6H,8-9,19H2. The Balaban J connectivity index is 2.19. The van der Waals surface area contributed by atoms with Crippen molar-refractivity contribution in [2.45, 2.75) is 13.2 Å². The van der Waals surface area contributed by atoms with Gasteiger partial charge in [0.15, 0.2) is 11.6 Å². The normalized spacial score (nSPS) is 10.1. The molecule has 0 atom stereocenters. The minimum atomic E-state index is -0.560. The Hall–Kier alpha value is -2.45. The molecule has 2 aromatic carbocycles. The zero-order valence-corrected chi connectivity index (χ0v) is 10.6. The molecule has 0 bridgehead atoms. The van der Waals surface area contributed by atoms with E-state index in [0.717, 1.165) is 6.07 Å². The van der Waals surface area contributed by atoms with Crippen molar-refractivity contribution in [2.75, 3.05) is 0 Å². The number of ether oxygens (including phenoxy) is 1. The molecule has 0 aliphatic carbocycles. The Morgan fingerprint density at radius 1 is 1.10 bits per heavy atom. The zero-order valence-electron chi connectivity index (χ0n) is 10.6. The average molecular weight is 274 g/mol. The monoisotopic (exact) mass is 274 g/mol. The van der Waals surface area contributed by atoms with Gasteiger partial charge in [-0.2, -0.15) is 5.26 Å². The van der Waals surface area contributed by atoms with Gasteiger partial charge in [-0.15, -0.1) is 0 Å². The van der Waals surface area contributed by atoms with Gasteiger partial charge in [0.1, 0.15) is 12.4 Å². The Bertz CT molecular complexity index is 665. The van der Waals surface area contributed by atoms with Crippen molar-refractivity contribution in [1.29, 1.82) is 5.26 Å². The first-order valence-electron chi connectivity index (χ1n) is 5.94. The Labute approximate surface area is 115 Å². The summed E-state index contributed by atoms with van der Waals surface area (Å²) >= 11 is 0. The van der Waals surface area contributed by atoms with E-state index in [4.69, 9.17) is 15.7 Å². The lowest BCUT2D eigenvalue weighted by Crippen LogP contribution is -2.05. The first kappa shape index (κ1) is 14.0. The van der Waals surface area contributed by atoms with Crippen molar-refractivity contribution in [1.82, 2.24) is 0 Å². The first-order chi connectivity index (χ1) is 9.65. The molecule has 3 nitrogen and oxygen atoms in total. The molecule has 0 aliphatic rings. The van der Waals surface area contributed by atoms with Crippen LogP contribution in [0.5, 0.6) is 5.75 Å². The highest BCUT2D eigenvalue weighted by Crippen LogP contribution is 2.24. The second-order valence-corrected chi connectivity index (χ2v) is 4.14. The number of benzene rings is 2. The third-order valence-corrected chi connectivity index (χ3v) is 2.82. The van der Waals surface area contributed by atoms with E-state index >= 15 is 0 Å². The van der Waals surface area contributed by atoms with Gasteiger partial charge in [-0.25, -0.2) is 8.78 Å². The van der Waals surface area contributed by atoms with Gasteiger partial charge in [-0.3, -0.25) is 0 Å². The van der Waals surface area contributed by atoms with Gasteiger partial charge in [-0.1, -0.05) is 18.2 Å². The van der Waals surface area contributed by atoms with E-state index in [1.165, 1.54) is 24.3 Å². The molecule has 0 aliphatic heterocycles. The van der Waals surface area contributed by atoms with E-state index in [1.54, 1.807) is 6.07 Å². The lowest BCUT2D eigenvalue weighted by atomic mass is 10.1. The predicted molar refractivity (Wildman–Crippen MR) is 69.7 cm³/mol. The number of nitriles is 1. The van der Waals surface area contributed by atoms with Crippen LogP contribution >= 0.6 is 0 Å². The topological polar surface area (TPSA) is 59.0 Å². The molecule has 20 heavy (non-hydrogen) atoms. The van der Waals surface area contributed by atoms with Crippen LogP contribution in [-0.4, -0.2) is 0 Å². The highest BCUT2D eigenvalue weighted by atomic mass is 19.1. The van der Waals surface area contributed by atoms with Crippen molar-refractivity contribution in [3.63, 3.8) is 0 Å². The minimum Gasteiger partial charge on any atom is -0.485 e. The highest BCUT2D eigenvalue weighted by Gasteiger charge is 2.10. The van der Waals surface area contributed by atoms with E-state index in [2.05, 4.69) is 0 Å². The molecule has 0 aromatic heterocycles. The number of rotatable bonds is 4. The third kappa shape index (κ3) is 2.92. The number of hydrogen-bond acceptors (Lipinski definition) is 3. The van der Waals surface area contributed by atoms with Crippen LogP contribution < -0.4 is 10.5 Å². The van der Waals surface area contributed by atoms with Crippen molar-refractivity contribution in [2.24, 2.45) is 5.73 Å². The molecule has 0 fully saturated rings. The Morgan fingerprint density at radius 2 is 1.90 bits per heavy atom. The summed E-state index contributed by atoms with van der Waals surface area (Å²) in [5.74, 6) is -1.07. The summed E-state index contributed by atoms with van der Waals surface area (Å²) in [7, 11) is 0. The fraction of sp³-hybridized carbons (Fsp3) is 0.133. The van der Waals surface area contributed by atoms with Gasteiger partial charge in [0, 0.05) is 17.7 Å². The maximum atomic E-state index is 13.7. The molecule has 0 heterocycles. The van der Waals surface area contributed by atoms with Crippen molar-refractivity contribution in [3.05, 3.63) is 64.7 Å². The Kier molecular flexibility index (Phi) is 4.28. The molecular weight excluding hydrogens is 262 g/mol. The van der Waals surface area contributed by atoms with Crippen LogP contribution in [0, 0.1) is 23.0 Å². The molecule has 0 amide bonds. The van der Waals surface area contributed by atoms with Gasteiger partial charge in [0.25, 0.3) is 0 Å². The fourth-order valence-corrected chi connectivity index (χ4v) is 1.76. The molecule has 2 aromatic rings. The lowest BCUT2D eigenvalue weighted by Gasteiger charge is -2.11. The molecule has 5 heteroatoms. The van der Waals surface area contributed by atoms with Crippen LogP contribution in [0.3, 0.4) is 0 Å². The molecule has 0 radical (unpaired) electrons. The molecule has 102 valence electrons. The Morgan fingerprint density at radius 3 is 2.55 bits per heavy atom. The molecule has 0 unspecified atom stereocenters. The molecular formula is C15H12F2N2O. The molecule has 2 N–H and O–H groups in total. The van der Waals surface area contributed by atoms with Crippen LogP contribution in [0.4, 0.5) is 8.78 Å². The van der Waals surface area contributed by atoms with Gasteiger partial charge in [-0.05, 0) is 18.2 Å². The first-order valence-corrected chi connectivity index (χ1v) is 5.94. The van der Waals surface area contributed by atoms with Crippen LogP contribution in [0.25, 0.3) is 0 Å². The summed E-state index contributed by atoms with van der Waals surface area (Å²) in [4.78, 5) is 0. The fourth-order valence-electron chi connectivity index (χ4n) is 1.76. The zero-order chi connectivity index (χ0) is 14.5. The van der Waals surface area contributed by atoms with Crippen LogP contribution in [0.15, 0.2) is 36.4 Å². The van der Waals surface area contributed by atoms with Crippen molar-refractivity contribution < 1.29 is 13.5 Å². The van der Waals surface area contributed by atoms with Crippen LogP contribution in [0.2, 0.25) is 0 Å². The number of para-hydroxylation sites is 1. The summed E-state index contributed by atoms with van der Waals surface area (Å²) in [5, 5.41) is 8.65. The molecule has 0 saturated carbocycles. The maximum absolute atomic E-state index is 13.7.